The summed E-state index contributed by atoms with van der Waals surface area (Å²) in [5.41, 5.74) is 8.48. The number of amides is 1. The number of guanidine groups is 1. The molecular weight excluding hydrogens is 450 g/mol. The Morgan fingerprint density at radius 2 is 2.03 bits per heavy atom. The van der Waals surface area contributed by atoms with Gasteiger partial charge in [-0.1, -0.05) is 30.3 Å². The average molecular weight is 480 g/mol. The van der Waals surface area contributed by atoms with Crippen LogP contribution in [0.2, 0.25) is 0 Å². The van der Waals surface area contributed by atoms with E-state index in [1.54, 1.807) is 24.4 Å². The monoisotopic (exact) mass is 479 g/mol. The van der Waals surface area contributed by atoms with Gasteiger partial charge in [-0.05, 0) is 55.6 Å². The van der Waals surface area contributed by atoms with Gasteiger partial charge in [0.1, 0.15) is 11.5 Å². The van der Waals surface area contributed by atoms with Gasteiger partial charge in [-0.3, -0.25) is 4.79 Å². The third-order valence-corrected chi connectivity index (χ3v) is 6.66. The van der Waals surface area contributed by atoms with Crippen LogP contribution in [-0.2, 0) is 5.41 Å². The van der Waals surface area contributed by atoms with E-state index in [1.165, 1.54) is 12.7 Å². The van der Waals surface area contributed by atoms with Crippen LogP contribution in [0.3, 0.4) is 0 Å². The fourth-order valence-electron chi connectivity index (χ4n) is 4.55. The zero-order chi connectivity index (χ0) is 24.6. The Balaban J connectivity index is 1.78. The first-order valence-electron chi connectivity index (χ1n) is 11.0. The van der Waals surface area contributed by atoms with Gasteiger partial charge in [0.15, 0.2) is 5.55 Å². The highest BCUT2D eigenvalue weighted by atomic mass is 32.1. The third-order valence-electron chi connectivity index (χ3n) is 6.56. The number of nitrogens with two attached hydrogens (primary N) is 1. The molecule has 1 amide bonds. The van der Waals surface area contributed by atoms with Crippen molar-refractivity contribution in [1.29, 1.82) is 5.26 Å². The molecule has 0 radical (unpaired) electrons. The molecule has 34 heavy (non-hydrogen) atoms. The van der Waals surface area contributed by atoms with Crippen LogP contribution in [0.5, 0.6) is 11.5 Å². The lowest BCUT2D eigenvalue weighted by Crippen LogP contribution is -2.49. The quantitative estimate of drug-likeness (QED) is 0.258. The third kappa shape index (κ3) is 5.64. The highest BCUT2D eigenvalue weighted by Crippen LogP contribution is 2.40. The summed E-state index contributed by atoms with van der Waals surface area (Å²) in [5, 5.41) is 11.9. The van der Waals surface area contributed by atoms with Crippen molar-refractivity contribution in [3.05, 3.63) is 59.7 Å². The molecule has 178 valence electrons. The molecule has 0 saturated heterocycles. The first-order valence-corrected chi connectivity index (χ1v) is 11.5. The maximum atomic E-state index is 13.1. The Kier molecular flexibility index (Phi) is 8.44. The fourth-order valence-corrected chi connectivity index (χ4v) is 4.66. The van der Waals surface area contributed by atoms with E-state index in [9.17, 15) is 4.79 Å². The van der Waals surface area contributed by atoms with Crippen molar-refractivity contribution < 1.29 is 14.3 Å². The van der Waals surface area contributed by atoms with Gasteiger partial charge in [-0.25, -0.2) is 0 Å². The van der Waals surface area contributed by atoms with E-state index in [0.717, 1.165) is 31.2 Å². The number of hydrogen-bond donors (Lipinski definition) is 2. The number of carbonyl (C=O) groups excluding carboxylic acids is 1. The highest BCUT2D eigenvalue weighted by Gasteiger charge is 2.38. The van der Waals surface area contributed by atoms with E-state index in [4.69, 9.17) is 32.7 Å². The van der Waals surface area contributed by atoms with E-state index >= 15 is 0 Å². The minimum atomic E-state index is -0.219. The predicted molar refractivity (Wildman–Crippen MR) is 135 cm³/mol. The Morgan fingerprint density at radius 3 is 2.65 bits per heavy atom. The van der Waals surface area contributed by atoms with Gasteiger partial charge >= 0.3 is 0 Å². The maximum Gasteiger partial charge on any atom is 0.255 e. The van der Waals surface area contributed by atoms with Crippen LogP contribution < -0.4 is 20.5 Å². The molecule has 0 atom stereocenters. The zero-order valence-corrected chi connectivity index (χ0v) is 20.2. The minimum absolute atomic E-state index is 0.179. The summed E-state index contributed by atoms with van der Waals surface area (Å²) in [6, 6.07) is 15.4. The van der Waals surface area contributed by atoms with Crippen molar-refractivity contribution in [1.82, 2.24) is 10.2 Å². The molecule has 0 aromatic heterocycles. The molecule has 1 aliphatic carbocycles. The summed E-state index contributed by atoms with van der Waals surface area (Å²) in [6.45, 7) is 0.482. The summed E-state index contributed by atoms with van der Waals surface area (Å²) in [4.78, 5) is 18.6. The molecule has 0 unspecified atom stereocenters. The second-order valence-corrected chi connectivity index (χ2v) is 8.51. The van der Waals surface area contributed by atoms with E-state index < -0.39 is 0 Å². The number of benzene rings is 2. The van der Waals surface area contributed by atoms with Crippen LogP contribution >= 0.6 is 12.2 Å². The molecule has 1 saturated carbocycles. The molecule has 0 spiro atoms. The lowest BCUT2D eigenvalue weighted by Gasteiger charge is -2.43. The number of ether oxygens (including phenoxy) is 2. The standard InChI is InChI=1S/C25H29N5O3S/c1-30(24(27)29-16-26)19-10-12-25(13-11-19,18-6-4-3-5-7-18)15-28-23(31)21-9-8-20(33-17-34)14-22(21)32-2/h3-9,14,17,19H,10-13,15H2,1-2H3,(H2,27,29)(H,28,31)/t19-,25-. The molecule has 1 fully saturated rings. The van der Waals surface area contributed by atoms with Crippen LogP contribution in [0.1, 0.15) is 41.6 Å². The molecule has 9 heteroatoms. The minimum Gasteiger partial charge on any atom is -0.496 e. The number of nitrogens with one attached hydrogen (secondary N) is 1. The molecule has 2 aromatic carbocycles. The average Bonchev–Trinajstić information content (AvgIpc) is 2.88. The topological polar surface area (TPSA) is 113 Å². The summed E-state index contributed by atoms with van der Waals surface area (Å²) >= 11 is 4.72. The number of aliphatic imine (C=N–C) groups is 1. The normalized spacial score (nSPS) is 20.0. The number of methoxy groups -OCH3 is 1. The fraction of sp³-hybridized carbons (Fsp3) is 0.360. The van der Waals surface area contributed by atoms with Crippen molar-refractivity contribution in [2.75, 3.05) is 20.7 Å². The number of rotatable bonds is 8. The van der Waals surface area contributed by atoms with E-state index in [2.05, 4.69) is 22.4 Å². The molecule has 3 N–H and O–H groups in total. The smallest absolute Gasteiger partial charge is 0.255 e. The molecule has 0 bridgehead atoms. The van der Waals surface area contributed by atoms with Crippen LogP contribution in [0, 0.1) is 11.5 Å². The first kappa shape index (κ1) is 25.0. The number of thiocarbonyl (C=S) groups is 1. The van der Waals surface area contributed by atoms with Gasteiger partial charge < -0.3 is 25.4 Å². The van der Waals surface area contributed by atoms with Crippen LogP contribution in [0.15, 0.2) is 53.5 Å². The van der Waals surface area contributed by atoms with Gasteiger partial charge in [-0.15, -0.1) is 4.99 Å². The number of carbonyl (C=O) groups is 1. The van der Waals surface area contributed by atoms with Gasteiger partial charge in [-0.2, -0.15) is 5.26 Å². The largest absolute Gasteiger partial charge is 0.496 e. The van der Waals surface area contributed by atoms with Crippen molar-refractivity contribution in [2.24, 2.45) is 10.7 Å². The second-order valence-electron chi connectivity index (χ2n) is 8.32. The Morgan fingerprint density at radius 1 is 1.32 bits per heavy atom. The van der Waals surface area contributed by atoms with Gasteiger partial charge in [0.25, 0.3) is 5.91 Å². The molecule has 8 nitrogen and oxygen atoms in total. The van der Waals surface area contributed by atoms with Crippen molar-refractivity contribution in [3.63, 3.8) is 0 Å². The summed E-state index contributed by atoms with van der Waals surface area (Å²) in [5.74, 6) is 0.927. The van der Waals surface area contributed by atoms with Gasteiger partial charge in [0, 0.05) is 31.1 Å². The van der Waals surface area contributed by atoms with Gasteiger partial charge in [0.2, 0.25) is 12.2 Å². The van der Waals surface area contributed by atoms with Crippen LogP contribution in [0.25, 0.3) is 0 Å². The van der Waals surface area contributed by atoms with Gasteiger partial charge in [0.05, 0.1) is 12.7 Å². The Labute approximate surface area is 205 Å². The maximum absolute atomic E-state index is 13.1. The van der Waals surface area contributed by atoms with Crippen LogP contribution in [0.4, 0.5) is 0 Å². The summed E-state index contributed by atoms with van der Waals surface area (Å²) < 4.78 is 10.6. The first-order chi connectivity index (χ1) is 16.4. The molecule has 0 heterocycles. The molecule has 2 aromatic rings. The SMILES string of the molecule is COc1cc(OC=S)ccc1C(=O)NC[C@]1(c2ccccc2)CC[C@H](N(C)C(N)=NC#N)CC1. The number of nitrogens with zero attached hydrogens (tertiary/aromatic N) is 3. The molecule has 1 aliphatic rings. The van der Waals surface area contributed by atoms with Crippen molar-refractivity contribution in [2.45, 2.75) is 37.1 Å². The highest BCUT2D eigenvalue weighted by molar-refractivity contribution is 7.78. The van der Waals surface area contributed by atoms with E-state index in [1.807, 2.05) is 30.1 Å². The Bertz CT molecular complexity index is 1080. The summed E-state index contributed by atoms with van der Waals surface area (Å²) in [7, 11) is 3.37. The molecule has 0 aliphatic heterocycles. The lowest BCUT2D eigenvalue weighted by atomic mass is 9.68. The van der Waals surface area contributed by atoms with Crippen molar-refractivity contribution >= 4 is 29.6 Å². The lowest BCUT2D eigenvalue weighted by molar-refractivity contribution is 0.0927. The Hall–Kier alpha value is -3.64. The second kappa shape index (κ2) is 11.5. The predicted octanol–water partition coefficient (Wildman–Crippen LogP) is 3.37. The summed E-state index contributed by atoms with van der Waals surface area (Å²) in [6.07, 6.45) is 5.16. The molecular formula is C25H29N5O3S. The zero-order valence-electron chi connectivity index (χ0n) is 19.4. The van der Waals surface area contributed by atoms with Crippen LogP contribution in [-0.4, -0.2) is 49.1 Å². The number of nitriles is 1. The van der Waals surface area contributed by atoms with Crippen molar-refractivity contribution in [3.8, 4) is 17.7 Å². The number of hydrogen-bond acceptors (Lipinski definition) is 6. The van der Waals surface area contributed by atoms with E-state index in [-0.39, 0.29) is 23.3 Å². The molecule has 3 rings (SSSR count). The van der Waals surface area contributed by atoms with E-state index in [0.29, 0.717) is 23.6 Å².